The number of para-hydroxylation sites is 1. The zero-order valence-electron chi connectivity index (χ0n) is 15.9. The lowest BCUT2D eigenvalue weighted by atomic mass is 9.96. The molecule has 0 fully saturated rings. The van der Waals surface area contributed by atoms with E-state index in [2.05, 4.69) is 4.98 Å². The summed E-state index contributed by atoms with van der Waals surface area (Å²) in [4.78, 5) is 16.3. The highest BCUT2D eigenvalue weighted by atomic mass is 19.1. The van der Waals surface area contributed by atoms with Crippen molar-refractivity contribution in [2.24, 2.45) is 0 Å². The Kier molecular flexibility index (Phi) is 4.87. The fourth-order valence-corrected chi connectivity index (χ4v) is 3.47. The molecule has 30 heavy (non-hydrogen) atoms. The van der Waals surface area contributed by atoms with Gasteiger partial charge in [0.1, 0.15) is 17.6 Å². The van der Waals surface area contributed by atoms with Crippen molar-refractivity contribution in [3.05, 3.63) is 83.7 Å². The molecule has 1 aromatic heterocycles. The number of rotatable bonds is 4. The maximum atomic E-state index is 13.7. The van der Waals surface area contributed by atoms with Gasteiger partial charge in [-0.15, -0.1) is 0 Å². The molecule has 4 aromatic rings. The summed E-state index contributed by atoms with van der Waals surface area (Å²) in [6, 6.07) is 20.5. The highest BCUT2D eigenvalue weighted by Gasteiger charge is 2.21. The average molecular weight is 398 g/mol. The maximum Gasteiger partial charge on any atom is 0.337 e. The first-order valence-electron chi connectivity index (χ1n) is 9.04. The number of carboxylic acid groups (broad SMARTS) is 1. The van der Waals surface area contributed by atoms with Crippen LogP contribution < -0.4 is 4.74 Å². The molecule has 0 unspecified atom stereocenters. The summed E-state index contributed by atoms with van der Waals surface area (Å²) in [5.41, 5.74) is 2.56. The molecule has 0 radical (unpaired) electrons. The van der Waals surface area contributed by atoms with E-state index >= 15 is 0 Å². The second-order valence-electron chi connectivity index (χ2n) is 6.57. The van der Waals surface area contributed by atoms with Crippen molar-refractivity contribution in [1.29, 1.82) is 5.26 Å². The number of fused-ring (bicyclic) bond motifs is 1. The van der Waals surface area contributed by atoms with Crippen molar-refractivity contribution in [3.8, 4) is 34.2 Å². The second-order valence-corrected chi connectivity index (χ2v) is 6.57. The number of pyridine rings is 1. The van der Waals surface area contributed by atoms with E-state index in [9.17, 15) is 19.6 Å². The zero-order chi connectivity index (χ0) is 21.3. The lowest BCUT2D eigenvalue weighted by molar-refractivity contribution is 0.0698. The molecule has 1 heterocycles. The van der Waals surface area contributed by atoms with Crippen molar-refractivity contribution >= 4 is 16.9 Å². The van der Waals surface area contributed by atoms with Crippen LogP contribution in [0.1, 0.15) is 15.9 Å². The predicted molar refractivity (Wildman–Crippen MR) is 111 cm³/mol. The van der Waals surface area contributed by atoms with Crippen LogP contribution in [-0.4, -0.2) is 23.2 Å². The first-order valence-corrected chi connectivity index (χ1v) is 9.04. The Morgan fingerprint density at radius 1 is 1.07 bits per heavy atom. The summed E-state index contributed by atoms with van der Waals surface area (Å²) in [6.07, 6.45) is 0. The number of methoxy groups -OCH3 is 1. The Hall–Kier alpha value is -4.24. The smallest absolute Gasteiger partial charge is 0.337 e. The number of aromatic nitrogens is 1. The van der Waals surface area contributed by atoms with Crippen molar-refractivity contribution in [1.82, 2.24) is 4.98 Å². The lowest BCUT2D eigenvalue weighted by Gasteiger charge is -2.12. The molecule has 5 nitrogen and oxygen atoms in total. The summed E-state index contributed by atoms with van der Waals surface area (Å²) in [7, 11) is 1.60. The molecule has 0 saturated carbocycles. The quantitative estimate of drug-likeness (QED) is 0.505. The molecule has 0 spiro atoms. The minimum Gasteiger partial charge on any atom is -0.496 e. The van der Waals surface area contributed by atoms with Crippen molar-refractivity contribution in [2.45, 2.75) is 0 Å². The molecule has 0 saturated heterocycles. The molecule has 0 aliphatic rings. The molecular formula is C24H15FN2O3. The van der Waals surface area contributed by atoms with Gasteiger partial charge in [-0.25, -0.2) is 14.2 Å². The molecule has 0 aliphatic heterocycles. The van der Waals surface area contributed by atoms with Gasteiger partial charge in [-0.2, -0.15) is 5.26 Å². The molecule has 6 heteroatoms. The molecule has 146 valence electrons. The number of hydrogen-bond donors (Lipinski definition) is 1. The van der Waals surface area contributed by atoms with Gasteiger partial charge in [0.15, 0.2) is 0 Å². The molecule has 0 aliphatic carbocycles. The standard InChI is InChI=1S/C24H15FN2O3/c1-30-21-5-3-2-4-17(21)14-6-8-15(9-7-14)23-19(13-26)22(24(28)29)18-12-16(25)10-11-20(18)27-23/h2-12H,1H3,(H,28,29). The van der Waals surface area contributed by atoms with E-state index in [0.717, 1.165) is 22.9 Å². The van der Waals surface area contributed by atoms with Crippen LogP contribution in [0.5, 0.6) is 5.75 Å². The number of carboxylic acids is 1. The number of ether oxygens (including phenoxy) is 1. The molecule has 0 atom stereocenters. The lowest BCUT2D eigenvalue weighted by Crippen LogP contribution is -2.06. The van der Waals surface area contributed by atoms with Gasteiger partial charge in [-0.3, -0.25) is 0 Å². The predicted octanol–water partition coefficient (Wildman–Crippen LogP) is 5.29. The number of hydrogen-bond acceptors (Lipinski definition) is 4. The second kappa shape index (κ2) is 7.64. The molecule has 0 amide bonds. The zero-order valence-corrected chi connectivity index (χ0v) is 15.9. The third-order valence-corrected chi connectivity index (χ3v) is 4.85. The number of benzene rings is 3. The summed E-state index contributed by atoms with van der Waals surface area (Å²) < 4.78 is 19.1. The SMILES string of the molecule is COc1ccccc1-c1ccc(-c2nc3ccc(F)cc3c(C(=O)O)c2C#N)cc1. The molecule has 0 bridgehead atoms. The van der Waals surface area contributed by atoms with Gasteiger partial charge in [-0.1, -0.05) is 42.5 Å². The van der Waals surface area contributed by atoms with Crippen molar-refractivity contribution < 1.29 is 19.0 Å². The first kappa shape index (κ1) is 19.1. The van der Waals surface area contributed by atoms with Gasteiger partial charge in [0.25, 0.3) is 0 Å². The summed E-state index contributed by atoms with van der Waals surface area (Å²) in [5, 5.41) is 19.5. The Morgan fingerprint density at radius 2 is 1.77 bits per heavy atom. The molecule has 1 N–H and O–H groups in total. The number of nitrogens with zero attached hydrogens (tertiary/aromatic N) is 2. The van der Waals surface area contributed by atoms with Gasteiger partial charge in [0, 0.05) is 16.5 Å². The molecule has 3 aromatic carbocycles. The van der Waals surface area contributed by atoms with Crippen LogP contribution >= 0.6 is 0 Å². The van der Waals surface area contributed by atoms with E-state index in [1.807, 2.05) is 42.5 Å². The summed E-state index contributed by atoms with van der Waals surface area (Å²) in [5.74, 6) is -1.18. The van der Waals surface area contributed by atoms with E-state index in [1.165, 1.54) is 12.1 Å². The summed E-state index contributed by atoms with van der Waals surface area (Å²) >= 11 is 0. The third kappa shape index (κ3) is 3.23. The van der Waals surface area contributed by atoms with Crippen LogP contribution in [-0.2, 0) is 0 Å². The van der Waals surface area contributed by atoms with Crippen LogP contribution in [0, 0.1) is 17.1 Å². The largest absolute Gasteiger partial charge is 0.496 e. The van der Waals surface area contributed by atoms with Gasteiger partial charge in [-0.05, 0) is 29.8 Å². The number of aromatic carboxylic acids is 1. The van der Waals surface area contributed by atoms with E-state index in [1.54, 1.807) is 19.2 Å². The van der Waals surface area contributed by atoms with Gasteiger partial charge < -0.3 is 9.84 Å². The molecular weight excluding hydrogens is 383 g/mol. The first-order chi connectivity index (χ1) is 14.5. The highest BCUT2D eigenvalue weighted by Crippen LogP contribution is 2.34. The molecule has 4 rings (SSSR count). The summed E-state index contributed by atoms with van der Waals surface area (Å²) in [6.45, 7) is 0. The van der Waals surface area contributed by atoms with E-state index in [-0.39, 0.29) is 22.2 Å². The number of nitriles is 1. The van der Waals surface area contributed by atoms with E-state index in [4.69, 9.17) is 4.74 Å². The van der Waals surface area contributed by atoms with Crippen LogP contribution in [0.4, 0.5) is 4.39 Å². The Balaban J connectivity index is 1.90. The minimum absolute atomic E-state index is 0.0912. The van der Waals surface area contributed by atoms with Gasteiger partial charge in [0.2, 0.25) is 0 Å². The highest BCUT2D eigenvalue weighted by molar-refractivity contribution is 6.06. The van der Waals surface area contributed by atoms with Gasteiger partial charge in [0.05, 0.1) is 29.4 Å². The van der Waals surface area contributed by atoms with E-state index in [0.29, 0.717) is 11.1 Å². The minimum atomic E-state index is -1.31. The fourth-order valence-electron chi connectivity index (χ4n) is 3.47. The Labute approximate surface area is 171 Å². The monoisotopic (exact) mass is 398 g/mol. The van der Waals surface area contributed by atoms with Gasteiger partial charge >= 0.3 is 5.97 Å². The van der Waals surface area contributed by atoms with Crippen molar-refractivity contribution in [3.63, 3.8) is 0 Å². The topological polar surface area (TPSA) is 83.2 Å². The van der Waals surface area contributed by atoms with Crippen LogP contribution in [0.15, 0.2) is 66.7 Å². The normalized spacial score (nSPS) is 10.6. The van der Waals surface area contributed by atoms with Crippen LogP contribution in [0.25, 0.3) is 33.3 Å². The van der Waals surface area contributed by atoms with Crippen molar-refractivity contribution in [2.75, 3.05) is 7.11 Å². The van der Waals surface area contributed by atoms with Crippen LogP contribution in [0.3, 0.4) is 0 Å². The number of carbonyl (C=O) groups is 1. The Bertz CT molecular complexity index is 1330. The Morgan fingerprint density at radius 3 is 2.43 bits per heavy atom. The average Bonchev–Trinajstić information content (AvgIpc) is 2.77. The van der Waals surface area contributed by atoms with Crippen LogP contribution in [0.2, 0.25) is 0 Å². The third-order valence-electron chi connectivity index (χ3n) is 4.85. The number of halogens is 1. The maximum absolute atomic E-state index is 13.7. The van der Waals surface area contributed by atoms with E-state index < -0.39 is 11.8 Å². The fraction of sp³-hybridized carbons (Fsp3) is 0.0417.